The van der Waals surface area contributed by atoms with Gasteiger partial charge in [-0.25, -0.2) is 0 Å². The van der Waals surface area contributed by atoms with E-state index in [4.69, 9.17) is 4.52 Å². The maximum atomic E-state index is 9.94. The third-order valence-corrected chi connectivity index (χ3v) is 2.65. The van der Waals surface area contributed by atoms with Gasteiger partial charge in [-0.15, -0.1) is 0 Å². The van der Waals surface area contributed by atoms with E-state index in [1.54, 1.807) is 13.0 Å². The van der Waals surface area contributed by atoms with E-state index in [1.165, 1.54) is 0 Å². The van der Waals surface area contributed by atoms with Gasteiger partial charge in [-0.3, -0.25) is 0 Å². The molecule has 0 aliphatic rings. The van der Waals surface area contributed by atoms with E-state index in [-0.39, 0.29) is 5.75 Å². The molecule has 0 fully saturated rings. The Bertz CT molecular complexity index is 689. The summed E-state index contributed by atoms with van der Waals surface area (Å²) in [7, 11) is 0. The summed E-state index contributed by atoms with van der Waals surface area (Å²) >= 11 is 0. The van der Waals surface area contributed by atoms with Crippen molar-refractivity contribution in [1.82, 2.24) is 10.1 Å². The van der Waals surface area contributed by atoms with Crippen LogP contribution in [0.2, 0.25) is 0 Å². The molecule has 1 aromatic heterocycles. The Hall–Kier alpha value is -2.36. The first-order chi connectivity index (χ1) is 8.25. The average Bonchev–Trinajstić information content (AvgIpc) is 2.75. The van der Waals surface area contributed by atoms with Crippen LogP contribution in [0, 0.1) is 6.92 Å². The van der Waals surface area contributed by atoms with Crippen LogP contribution in [0.25, 0.3) is 22.2 Å². The molecule has 0 aliphatic heterocycles. The summed E-state index contributed by atoms with van der Waals surface area (Å²) in [6, 6.07) is 11.2. The van der Waals surface area contributed by atoms with Crippen molar-refractivity contribution >= 4 is 10.8 Å². The van der Waals surface area contributed by atoms with Crippen LogP contribution in [0.4, 0.5) is 0 Å². The zero-order valence-corrected chi connectivity index (χ0v) is 9.21. The molecule has 84 valence electrons. The molecule has 0 amide bonds. The monoisotopic (exact) mass is 226 g/mol. The quantitative estimate of drug-likeness (QED) is 0.693. The van der Waals surface area contributed by atoms with Gasteiger partial charge in [-0.2, -0.15) is 4.98 Å². The molecule has 0 bridgehead atoms. The molecule has 0 saturated carbocycles. The first-order valence-corrected chi connectivity index (χ1v) is 5.27. The van der Waals surface area contributed by atoms with Gasteiger partial charge in [0.2, 0.25) is 0 Å². The van der Waals surface area contributed by atoms with Gasteiger partial charge in [0.15, 0.2) is 5.82 Å². The van der Waals surface area contributed by atoms with Crippen LogP contribution in [0.3, 0.4) is 0 Å². The Morgan fingerprint density at radius 1 is 1.12 bits per heavy atom. The zero-order valence-electron chi connectivity index (χ0n) is 9.21. The topological polar surface area (TPSA) is 59.2 Å². The van der Waals surface area contributed by atoms with Gasteiger partial charge in [0.1, 0.15) is 5.75 Å². The van der Waals surface area contributed by atoms with Gasteiger partial charge < -0.3 is 9.63 Å². The SMILES string of the molecule is Cc1noc(-c2c(O)ccc3ccccc23)n1. The minimum absolute atomic E-state index is 0.146. The number of phenols is 1. The summed E-state index contributed by atoms with van der Waals surface area (Å²) < 4.78 is 5.12. The second kappa shape index (κ2) is 3.59. The van der Waals surface area contributed by atoms with E-state index in [0.717, 1.165) is 10.8 Å². The molecule has 1 N–H and O–H groups in total. The van der Waals surface area contributed by atoms with Gasteiger partial charge in [0.05, 0.1) is 5.56 Å². The normalized spacial score (nSPS) is 10.9. The van der Waals surface area contributed by atoms with E-state index in [2.05, 4.69) is 10.1 Å². The van der Waals surface area contributed by atoms with Crippen molar-refractivity contribution < 1.29 is 9.63 Å². The van der Waals surface area contributed by atoms with Crippen molar-refractivity contribution in [2.24, 2.45) is 0 Å². The number of nitrogens with zero attached hydrogens (tertiary/aromatic N) is 2. The standard InChI is InChI=1S/C13H10N2O2/c1-8-14-13(17-15-8)12-10-5-3-2-4-9(10)6-7-11(12)16/h2-7,16H,1H3. The molecular weight excluding hydrogens is 216 g/mol. The molecule has 0 spiro atoms. The largest absolute Gasteiger partial charge is 0.507 e. The molecule has 3 rings (SSSR count). The van der Waals surface area contributed by atoms with E-state index in [9.17, 15) is 5.11 Å². The van der Waals surface area contributed by atoms with Crippen molar-refractivity contribution in [3.05, 3.63) is 42.2 Å². The number of aromatic nitrogens is 2. The average molecular weight is 226 g/mol. The summed E-state index contributed by atoms with van der Waals surface area (Å²) in [5.41, 5.74) is 0.587. The maximum absolute atomic E-state index is 9.94. The minimum atomic E-state index is 0.146. The summed E-state index contributed by atoms with van der Waals surface area (Å²) in [5, 5.41) is 15.6. The van der Waals surface area contributed by atoms with E-state index in [1.807, 2.05) is 30.3 Å². The molecule has 0 aliphatic carbocycles. The molecule has 2 aromatic carbocycles. The highest BCUT2D eigenvalue weighted by Crippen LogP contribution is 2.35. The summed E-state index contributed by atoms with van der Waals surface area (Å²) in [6.45, 7) is 1.75. The fourth-order valence-corrected chi connectivity index (χ4v) is 1.88. The number of hydrogen-bond acceptors (Lipinski definition) is 4. The van der Waals surface area contributed by atoms with Crippen LogP contribution in [0.1, 0.15) is 5.82 Å². The Labute approximate surface area is 97.5 Å². The molecule has 0 radical (unpaired) electrons. The first kappa shape index (κ1) is 9.84. The van der Waals surface area contributed by atoms with Gasteiger partial charge in [0.25, 0.3) is 5.89 Å². The molecule has 4 nitrogen and oxygen atoms in total. The Morgan fingerprint density at radius 2 is 1.94 bits per heavy atom. The van der Waals surface area contributed by atoms with Crippen LogP contribution in [0.5, 0.6) is 5.75 Å². The number of benzene rings is 2. The number of rotatable bonds is 1. The van der Waals surface area contributed by atoms with Crippen LogP contribution in [-0.2, 0) is 0 Å². The molecule has 0 unspecified atom stereocenters. The number of hydrogen-bond donors (Lipinski definition) is 1. The zero-order chi connectivity index (χ0) is 11.8. The van der Waals surface area contributed by atoms with Gasteiger partial charge in [-0.1, -0.05) is 35.5 Å². The second-order valence-electron chi connectivity index (χ2n) is 3.83. The predicted octanol–water partition coefficient (Wildman–Crippen LogP) is 2.90. The smallest absolute Gasteiger partial charge is 0.262 e. The Kier molecular flexibility index (Phi) is 2.08. The summed E-state index contributed by atoms with van der Waals surface area (Å²) in [5.74, 6) is 1.04. The number of fused-ring (bicyclic) bond motifs is 1. The molecule has 4 heteroatoms. The highest BCUT2D eigenvalue weighted by molar-refractivity contribution is 5.97. The first-order valence-electron chi connectivity index (χ1n) is 5.27. The molecule has 17 heavy (non-hydrogen) atoms. The van der Waals surface area contributed by atoms with Crippen molar-refractivity contribution in [3.8, 4) is 17.2 Å². The van der Waals surface area contributed by atoms with Crippen molar-refractivity contribution in [3.63, 3.8) is 0 Å². The van der Waals surface area contributed by atoms with Crippen LogP contribution in [-0.4, -0.2) is 15.2 Å². The Morgan fingerprint density at radius 3 is 2.71 bits per heavy atom. The molecule has 0 atom stereocenters. The minimum Gasteiger partial charge on any atom is -0.507 e. The van der Waals surface area contributed by atoms with Crippen molar-refractivity contribution in [2.75, 3.05) is 0 Å². The third kappa shape index (κ3) is 1.54. The maximum Gasteiger partial charge on any atom is 0.262 e. The number of aryl methyl sites for hydroxylation is 1. The molecule has 0 saturated heterocycles. The second-order valence-corrected chi connectivity index (χ2v) is 3.83. The fraction of sp³-hybridized carbons (Fsp3) is 0.0769. The predicted molar refractivity (Wildman–Crippen MR) is 63.6 cm³/mol. The lowest BCUT2D eigenvalue weighted by molar-refractivity contribution is 0.420. The van der Waals surface area contributed by atoms with E-state index in [0.29, 0.717) is 17.3 Å². The van der Waals surface area contributed by atoms with Gasteiger partial charge in [-0.05, 0) is 23.8 Å². The van der Waals surface area contributed by atoms with E-state index < -0.39 is 0 Å². The van der Waals surface area contributed by atoms with Crippen molar-refractivity contribution in [2.45, 2.75) is 6.92 Å². The summed E-state index contributed by atoms with van der Waals surface area (Å²) in [6.07, 6.45) is 0. The molecule has 3 aromatic rings. The lowest BCUT2D eigenvalue weighted by Gasteiger charge is -2.04. The lowest BCUT2D eigenvalue weighted by atomic mass is 10.0. The number of aromatic hydroxyl groups is 1. The van der Waals surface area contributed by atoms with Crippen LogP contribution in [0.15, 0.2) is 40.9 Å². The van der Waals surface area contributed by atoms with Crippen LogP contribution >= 0.6 is 0 Å². The lowest BCUT2D eigenvalue weighted by Crippen LogP contribution is -1.83. The molecular formula is C13H10N2O2. The van der Waals surface area contributed by atoms with E-state index >= 15 is 0 Å². The highest BCUT2D eigenvalue weighted by Gasteiger charge is 2.14. The summed E-state index contributed by atoms with van der Waals surface area (Å²) in [4.78, 5) is 4.15. The van der Waals surface area contributed by atoms with Gasteiger partial charge in [0, 0.05) is 0 Å². The van der Waals surface area contributed by atoms with Gasteiger partial charge >= 0.3 is 0 Å². The third-order valence-electron chi connectivity index (χ3n) is 2.65. The number of phenolic OH excluding ortho intramolecular Hbond substituents is 1. The Balaban J connectivity index is 2.38. The van der Waals surface area contributed by atoms with Crippen LogP contribution < -0.4 is 0 Å². The fourth-order valence-electron chi connectivity index (χ4n) is 1.88. The molecule has 1 heterocycles. The van der Waals surface area contributed by atoms with Crippen molar-refractivity contribution in [1.29, 1.82) is 0 Å². The highest BCUT2D eigenvalue weighted by atomic mass is 16.5.